The van der Waals surface area contributed by atoms with Gasteiger partial charge in [0.05, 0.1) is 0 Å². The summed E-state index contributed by atoms with van der Waals surface area (Å²) in [4.78, 5) is 14.5. The molecule has 0 saturated heterocycles. The molecule has 0 aromatic heterocycles. The molecule has 0 radical (unpaired) electrons. The standard InChI is InChI=1S/C16H34N2O/c1-6-7-8-12-18(13(2)3)16(19)14(4)10-9-11-15(5)17/h13-15H,6-12,17H2,1-5H3. The summed E-state index contributed by atoms with van der Waals surface area (Å²) < 4.78 is 0. The monoisotopic (exact) mass is 270 g/mol. The molecule has 1 amide bonds. The number of nitrogens with zero attached hydrogens (tertiary/aromatic N) is 1. The Hall–Kier alpha value is -0.570. The molecule has 114 valence electrons. The average molecular weight is 270 g/mol. The number of amides is 1. The zero-order valence-electron chi connectivity index (χ0n) is 13.6. The van der Waals surface area contributed by atoms with Gasteiger partial charge in [0.2, 0.25) is 5.91 Å². The molecule has 0 rings (SSSR count). The van der Waals surface area contributed by atoms with Gasteiger partial charge in [0.15, 0.2) is 0 Å². The largest absolute Gasteiger partial charge is 0.340 e. The molecule has 0 heterocycles. The Morgan fingerprint density at radius 2 is 1.68 bits per heavy atom. The number of rotatable bonds is 10. The lowest BCUT2D eigenvalue weighted by atomic mass is 10.00. The third-order valence-electron chi connectivity index (χ3n) is 3.63. The van der Waals surface area contributed by atoms with E-state index < -0.39 is 0 Å². The molecule has 0 fully saturated rings. The van der Waals surface area contributed by atoms with Crippen LogP contribution in [0.5, 0.6) is 0 Å². The lowest BCUT2D eigenvalue weighted by Gasteiger charge is -2.29. The highest BCUT2D eigenvalue weighted by atomic mass is 16.2. The Morgan fingerprint density at radius 3 is 2.16 bits per heavy atom. The molecule has 0 aliphatic carbocycles. The molecule has 0 aromatic carbocycles. The highest BCUT2D eigenvalue weighted by Crippen LogP contribution is 2.15. The second-order valence-electron chi connectivity index (χ2n) is 6.14. The Labute approximate surface area is 119 Å². The van der Waals surface area contributed by atoms with Gasteiger partial charge in [0, 0.05) is 24.5 Å². The third kappa shape index (κ3) is 8.25. The molecule has 3 nitrogen and oxygen atoms in total. The summed E-state index contributed by atoms with van der Waals surface area (Å²) in [5.74, 6) is 0.443. The zero-order valence-corrected chi connectivity index (χ0v) is 13.6. The minimum absolute atomic E-state index is 0.128. The first-order valence-electron chi connectivity index (χ1n) is 7.96. The van der Waals surface area contributed by atoms with Crippen molar-refractivity contribution in [3.63, 3.8) is 0 Å². The number of carbonyl (C=O) groups is 1. The highest BCUT2D eigenvalue weighted by Gasteiger charge is 2.21. The number of hydrogen-bond acceptors (Lipinski definition) is 2. The van der Waals surface area contributed by atoms with Crippen molar-refractivity contribution in [1.29, 1.82) is 0 Å². The maximum absolute atomic E-state index is 12.4. The Balaban J connectivity index is 4.20. The van der Waals surface area contributed by atoms with Gasteiger partial charge >= 0.3 is 0 Å². The van der Waals surface area contributed by atoms with Gasteiger partial charge in [-0.05, 0) is 40.0 Å². The molecule has 2 N–H and O–H groups in total. The predicted octanol–water partition coefficient (Wildman–Crippen LogP) is 3.57. The van der Waals surface area contributed by atoms with Gasteiger partial charge in [-0.15, -0.1) is 0 Å². The number of nitrogens with two attached hydrogens (primary N) is 1. The Kier molecular flexibility index (Phi) is 9.94. The Morgan fingerprint density at radius 1 is 1.05 bits per heavy atom. The van der Waals surface area contributed by atoms with E-state index in [-0.39, 0.29) is 12.0 Å². The van der Waals surface area contributed by atoms with E-state index >= 15 is 0 Å². The van der Waals surface area contributed by atoms with Crippen molar-refractivity contribution in [3.8, 4) is 0 Å². The molecule has 2 atom stereocenters. The first kappa shape index (κ1) is 18.4. The molecule has 3 heteroatoms. The van der Waals surface area contributed by atoms with Crippen LogP contribution in [-0.2, 0) is 4.79 Å². The lowest BCUT2D eigenvalue weighted by molar-refractivity contribution is -0.137. The van der Waals surface area contributed by atoms with Crippen molar-refractivity contribution in [2.45, 2.75) is 85.2 Å². The normalized spacial score (nSPS) is 14.5. The predicted molar refractivity (Wildman–Crippen MR) is 83.0 cm³/mol. The summed E-state index contributed by atoms with van der Waals surface area (Å²) in [6.07, 6.45) is 6.53. The fourth-order valence-corrected chi connectivity index (χ4v) is 2.31. The van der Waals surface area contributed by atoms with Crippen LogP contribution >= 0.6 is 0 Å². The zero-order chi connectivity index (χ0) is 14.8. The minimum atomic E-state index is 0.128. The van der Waals surface area contributed by atoms with Crippen molar-refractivity contribution in [2.24, 2.45) is 11.7 Å². The van der Waals surface area contributed by atoms with Crippen molar-refractivity contribution < 1.29 is 4.79 Å². The first-order chi connectivity index (χ1) is 8.90. The van der Waals surface area contributed by atoms with Crippen LogP contribution in [0.2, 0.25) is 0 Å². The van der Waals surface area contributed by atoms with Gasteiger partial charge in [-0.2, -0.15) is 0 Å². The van der Waals surface area contributed by atoms with Gasteiger partial charge in [-0.3, -0.25) is 4.79 Å². The van der Waals surface area contributed by atoms with Gasteiger partial charge in [-0.1, -0.05) is 33.1 Å². The van der Waals surface area contributed by atoms with Crippen LogP contribution in [0, 0.1) is 5.92 Å². The molecule has 0 spiro atoms. The van der Waals surface area contributed by atoms with E-state index in [9.17, 15) is 4.79 Å². The summed E-state index contributed by atoms with van der Waals surface area (Å²) in [6, 6.07) is 0.549. The highest BCUT2D eigenvalue weighted by molar-refractivity contribution is 5.78. The third-order valence-corrected chi connectivity index (χ3v) is 3.63. The topological polar surface area (TPSA) is 46.3 Å². The summed E-state index contributed by atoms with van der Waals surface area (Å²) in [6.45, 7) is 11.4. The van der Waals surface area contributed by atoms with Crippen molar-refractivity contribution in [3.05, 3.63) is 0 Å². The molecular formula is C16H34N2O. The van der Waals surface area contributed by atoms with E-state index in [4.69, 9.17) is 5.73 Å². The number of unbranched alkanes of at least 4 members (excludes halogenated alkanes) is 2. The van der Waals surface area contributed by atoms with E-state index in [0.717, 1.165) is 32.2 Å². The second-order valence-corrected chi connectivity index (χ2v) is 6.14. The summed E-state index contributed by atoms with van der Waals surface area (Å²) >= 11 is 0. The van der Waals surface area contributed by atoms with Crippen molar-refractivity contribution >= 4 is 5.91 Å². The SMILES string of the molecule is CCCCCN(C(=O)C(C)CCCC(C)N)C(C)C. The van der Waals surface area contributed by atoms with Crippen LogP contribution in [-0.4, -0.2) is 29.4 Å². The Bertz CT molecular complexity index is 239. The van der Waals surface area contributed by atoms with Crippen molar-refractivity contribution in [2.75, 3.05) is 6.54 Å². The van der Waals surface area contributed by atoms with Crippen LogP contribution < -0.4 is 5.73 Å². The summed E-state index contributed by atoms with van der Waals surface area (Å²) in [5.41, 5.74) is 5.75. The van der Waals surface area contributed by atoms with Gasteiger partial charge in [-0.25, -0.2) is 0 Å². The van der Waals surface area contributed by atoms with E-state index in [0.29, 0.717) is 11.9 Å². The minimum Gasteiger partial charge on any atom is -0.340 e. The average Bonchev–Trinajstić information content (AvgIpc) is 2.32. The molecule has 0 aliphatic heterocycles. The summed E-state index contributed by atoms with van der Waals surface area (Å²) in [7, 11) is 0. The molecule has 19 heavy (non-hydrogen) atoms. The molecule has 0 bridgehead atoms. The van der Waals surface area contributed by atoms with Crippen LogP contribution in [0.15, 0.2) is 0 Å². The number of hydrogen-bond donors (Lipinski definition) is 1. The van der Waals surface area contributed by atoms with Crippen LogP contribution in [0.4, 0.5) is 0 Å². The maximum atomic E-state index is 12.4. The van der Waals surface area contributed by atoms with Crippen LogP contribution in [0.3, 0.4) is 0 Å². The lowest BCUT2D eigenvalue weighted by Crippen LogP contribution is -2.41. The molecule has 0 aromatic rings. The smallest absolute Gasteiger partial charge is 0.225 e. The maximum Gasteiger partial charge on any atom is 0.225 e. The molecule has 0 saturated carbocycles. The van der Waals surface area contributed by atoms with E-state index in [1.807, 2.05) is 11.8 Å². The fraction of sp³-hybridized carbons (Fsp3) is 0.938. The second kappa shape index (κ2) is 10.2. The van der Waals surface area contributed by atoms with Crippen LogP contribution in [0.25, 0.3) is 0 Å². The number of carbonyl (C=O) groups excluding carboxylic acids is 1. The van der Waals surface area contributed by atoms with Crippen LogP contribution in [0.1, 0.15) is 73.1 Å². The van der Waals surface area contributed by atoms with Gasteiger partial charge < -0.3 is 10.6 Å². The van der Waals surface area contributed by atoms with E-state index in [1.54, 1.807) is 0 Å². The molecule has 0 aliphatic rings. The van der Waals surface area contributed by atoms with Crippen molar-refractivity contribution in [1.82, 2.24) is 4.90 Å². The van der Waals surface area contributed by atoms with E-state index in [1.165, 1.54) is 12.8 Å². The molecule has 2 unspecified atom stereocenters. The quantitative estimate of drug-likeness (QED) is 0.617. The first-order valence-corrected chi connectivity index (χ1v) is 7.96. The molecular weight excluding hydrogens is 236 g/mol. The fourth-order valence-electron chi connectivity index (χ4n) is 2.31. The van der Waals surface area contributed by atoms with Gasteiger partial charge in [0.25, 0.3) is 0 Å². The summed E-state index contributed by atoms with van der Waals surface area (Å²) in [5, 5.41) is 0. The van der Waals surface area contributed by atoms with E-state index in [2.05, 4.69) is 27.7 Å². The van der Waals surface area contributed by atoms with Gasteiger partial charge in [0.1, 0.15) is 0 Å².